The maximum absolute atomic E-state index is 12.9. The highest BCUT2D eigenvalue weighted by Gasteiger charge is 2.30. The van der Waals surface area contributed by atoms with Gasteiger partial charge in [0, 0.05) is 44.4 Å². The zero-order chi connectivity index (χ0) is 21.4. The van der Waals surface area contributed by atoms with E-state index in [9.17, 15) is 9.59 Å². The van der Waals surface area contributed by atoms with E-state index in [0.717, 1.165) is 55.0 Å². The number of benzene rings is 1. The van der Waals surface area contributed by atoms with E-state index < -0.39 is 0 Å². The van der Waals surface area contributed by atoms with Crippen LogP contribution in [0.15, 0.2) is 29.1 Å². The minimum atomic E-state index is -0.0219. The van der Waals surface area contributed by atoms with E-state index in [-0.39, 0.29) is 11.6 Å². The predicted octanol–water partition coefficient (Wildman–Crippen LogP) is 3.00. The Morgan fingerprint density at radius 2 is 1.71 bits per heavy atom. The molecule has 3 aromatic rings. The SMILES string of the molecule is CCCn1c(=O)n(CCC(=O)N2CCC(c3nc(C4CC4)n[nH]3)CC2)c2ccccc21. The highest BCUT2D eigenvalue weighted by Crippen LogP contribution is 2.38. The van der Waals surface area contributed by atoms with Gasteiger partial charge in [-0.15, -0.1) is 0 Å². The Kier molecular flexibility index (Phi) is 5.38. The summed E-state index contributed by atoms with van der Waals surface area (Å²) in [7, 11) is 0. The second kappa shape index (κ2) is 8.32. The van der Waals surface area contributed by atoms with Crippen molar-refractivity contribution in [2.45, 2.75) is 70.4 Å². The van der Waals surface area contributed by atoms with Gasteiger partial charge in [0.25, 0.3) is 0 Å². The molecule has 1 saturated heterocycles. The molecular weight excluding hydrogens is 392 g/mol. The van der Waals surface area contributed by atoms with Crippen molar-refractivity contribution in [2.75, 3.05) is 13.1 Å². The largest absolute Gasteiger partial charge is 0.343 e. The van der Waals surface area contributed by atoms with Gasteiger partial charge in [-0.1, -0.05) is 19.1 Å². The summed E-state index contributed by atoms with van der Waals surface area (Å²) in [5, 5.41) is 7.49. The van der Waals surface area contributed by atoms with Crippen LogP contribution in [0.2, 0.25) is 0 Å². The van der Waals surface area contributed by atoms with Crippen molar-refractivity contribution in [1.29, 1.82) is 0 Å². The van der Waals surface area contributed by atoms with Gasteiger partial charge in [-0.05, 0) is 44.2 Å². The van der Waals surface area contributed by atoms with Crippen molar-refractivity contribution in [3.8, 4) is 0 Å². The number of rotatable bonds is 7. The van der Waals surface area contributed by atoms with Crippen LogP contribution in [0, 0.1) is 0 Å². The van der Waals surface area contributed by atoms with Gasteiger partial charge in [0.05, 0.1) is 11.0 Å². The molecule has 8 nitrogen and oxygen atoms in total. The molecule has 1 aromatic carbocycles. The maximum Gasteiger partial charge on any atom is 0.329 e. The molecule has 0 radical (unpaired) electrons. The van der Waals surface area contributed by atoms with Crippen LogP contribution in [-0.2, 0) is 17.9 Å². The lowest BCUT2D eigenvalue weighted by atomic mass is 9.96. The minimum absolute atomic E-state index is 0.0219. The number of nitrogens with zero attached hydrogens (tertiary/aromatic N) is 5. The summed E-state index contributed by atoms with van der Waals surface area (Å²) in [6.45, 7) is 4.64. The molecule has 1 aliphatic heterocycles. The average Bonchev–Trinajstić information content (AvgIpc) is 3.47. The molecule has 0 atom stereocenters. The molecule has 2 aromatic heterocycles. The molecule has 2 aliphatic rings. The monoisotopic (exact) mass is 422 g/mol. The number of fused-ring (bicyclic) bond motifs is 1. The van der Waals surface area contributed by atoms with Gasteiger partial charge in [-0.3, -0.25) is 19.0 Å². The fourth-order valence-corrected chi connectivity index (χ4v) is 4.69. The van der Waals surface area contributed by atoms with Crippen LogP contribution >= 0.6 is 0 Å². The molecule has 31 heavy (non-hydrogen) atoms. The number of imidazole rings is 1. The van der Waals surface area contributed by atoms with Gasteiger partial charge in [-0.25, -0.2) is 9.78 Å². The van der Waals surface area contributed by atoms with Crippen molar-refractivity contribution < 1.29 is 4.79 Å². The quantitative estimate of drug-likeness (QED) is 0.634. The summed E-state index contributed by atoms with van der Waals surface area (Å²) in [5.41, 5.74) is 1.83. The Bertz CT molecular complexity index is 1130. The fraction of sp³-hybridized carbons (Fsp3) is 0.565. The number of carbonyl (C=O) groups is 1. The summed E-state index contributed by atoms with van der Waals surface area (Å²) < 4.78 is 3.57. The zero-order valence-corrected chi connectivity index (χ0v) is 18.1. The second-order valence-corrected chi connectivity index (χ2v) is 8.83. The average molecular weight is 423 g/mol. The standard InChI is InChI=1S/C23H30N6O2/c1-2-12-28-18-5-3-4-6-19(18)29(23(28)31)15-11-20(30)27-13-9-17(10-14-27)22-24-21(25-26-22)16-7-8-16/h3-6,16-17H,2,7-15H2,1H3,(H,24,25,26). The number of aromatic nitrogens is 5. The predicted molar refractivity (Wildman–Crippen MR) is 118 cm³/mol. The number of aromatic amines is 1. The third-order valence-electron chi connectivity index (χ3n) is 6.62. The first kappa shape index (κ1) is 20.0. The number of hydrogen-bond acceptors (Lipinski definition) is 4. The molecule has 5 rings (SSSR count). The van der Waals surface area contributed by atoms with Gasteiger partial charge < -0.3 is 4.90 Å². The number of aryl methyl sites for hydroxylation is 2. The van der Waals surface area contributed by atoms with Gasteiger partial charge in [0.2, 0.25) is 5.91 Å². The number of H-pyrrole nitrogens is 1. The highest BCUT2D eigenvalue weighted by atomic mass is 16.2. The summed E-state index contributed by atoms with van der Waals surface area (Å²) in [6.07, 6.45) is 5.45. The van der Waals surface area contributed by atoms with E-state index >= 15 is 0 Å². The lowest BCUT2D eigenvalue weighted by molar-refractivity contribution is -0.132. The molecule has 1 amide bonds. The first-order chi connectivity index (χ1) is 15.2. The van der Waals surface area contributed by atoms with E-state index in [2.05, 4.69) is 22.1 Å². The van der Waals surface area contributed by atoms with Crippen LogP contribution in [0.1, 0.15) is 68.9 Å². The van der Waals surface area contributed by atoms with Gasteiger partial charge in [-0.2, -0.15) is 5.10 Å². The summed E-state index contributed by atoms with van der Waals surface area (Å²) in [6, 6.07) is 7.84. The van der Waals surface area contributed by atoms with Crippen molar-refractivity contribution in [1.82, 2.24) is 29.2 Å². The summed E-state index contributed by atoms with van der Waals surface area (Å²) in [4.78, 5) is 32.4. The van der Waals surface area contributed by atoms with Crippen molar-refractivity contribution >= 4 is 16.9 Å². The van der Waals surface area contributed by atoms with Gasteiger partial charge in [0.1, 0.15) is 5.82 Å². The third kappa shape index (κ3) is 3.91. The van der Waals surface area contributed by atoms with Crippen LogP contribution in [0.3, 0.4) is 0 Å². The van der Waals surface area contributed by atoms with Gasteiger partial charge >= 0.3 is 5.69 Å². The number of para-hydroxylation sites is 2. The number of nitrogens with one attached hydrogen (secondary N) is 1. The van der Waals surface area contributed by atoms with Crippen molar-refractivity contribution in [3.05, 3.63) is 46.4 Å². The van der Waals surface area contributed by atoms with Crippen LogP contribution in [0.25, 0.3) is 11.0 Å². The van der Waals surface area contributed by atoms with Crippen LogP contribution in [0.4, 0.5) is 0 Å². The number of carbonyl (C=O) groups excluding carboxylic acids is 1. The Balaban J connectivity index is 1.21. The second-order valence-electron chi connectivity index (χ2n) is 8.83. The van der Waals surface area contributed by atoms with E-state index in [1.54, 1.807) is 4.57 Å². The van der Waals surface area contributed by atoms with Crippen molar-refractivity contribution in [3.63, 3.8) is 0 Å². The van der Waals surface area contributed by atoms with Crippen LogP contribution in [0.5, 0.6) is 0 Å². The molecule has 1 saturated carbocycles. The summed E-state index contributed by atoms with van der Waals surface area (Å²) in [5.74, 6) is 2.96. The molecule has 3 heterocycles. The molecule has 0 bridgehead atoms. The Labute approximate surface area is 181 Å². The number of amides is 1. The van der Waals surface area contributed by atoms with E-state index in [1.165, 1.54) is 12.8 Å². The normalized spacial score (nSPS) is 17.5. The highest BCUT2D eigenvalue weighted by molar-refractivity contribution is 5.78. The molecule has 0 unspecified atom stereocenters. The third-order valence-corrected chi connectivity index (χ3v) is 6.62. The first-order valence-electron chi connectivity index (χ1n) is 11.5. The molecule has 8 heteroatoms. The van der Waals surface area contributed by atoms with E-state index in [1.807, 2.05) is 33.7 Å². The Hall–Kier alpha value is -2.90. The topological polar surface area (TPSA) is 88.8 Å². The lowest BCUT2D eigenvalue weighted by Gasteiger charge is -2.31. The van der Waals surface area contributed by atoms with E-state index in [4.69, 9.17) is 0 Å². The number of likely N-dealkylation sites (tertiary alicyclic amines) is 1. The number of hydrogen-bond donors (Lipinski definition) is 1. The lowest BCUT2D eigenvalue weighted by Crippen LogP contribution is -2.39. The number of piperidine rings is 1. The van der Waals surface area contributed by atoms with Crippen LogP contribution < -0.4 is 5.69 Å². The Morgan fingerprint density at radius 1 is 1.03 bits per heavy atom. The molecular formula is C23H30N6O2. The van der Waals surface area contributed by atoms with E-state index in [0.29, 0.717) is 31.3 Å². The van der Waals surface area contributed by atoms with Crippen molar-refractivity contribution in [2.24, 2.45) is 0 Å². The molecule has 2 fully saturated rings. The first-order valence-corrected chi connectivity index (χ1v) is 11.5. The molecule has 0 spiro atoms. The minimum Gasteiger partial charge on any atom is -0.343 e. The molecule has 164 valence electrons. The van der Waals surface area contributed by atoms with Gasteiger partial charge in [0.15, 0.2) is 5.82 Å². The fourth-order valence-electron chi connectivity index (χ4n) is 4.69. The Morgan fingerprint density at radius 3 is 2.35 bits per heavy atom. The smallest absolute Gasteiger partial charge is 0.329 e. The molecule has 1 N–H and O–H groups in total. The summed E-state index contributed by atoms with van der Waals surface area (Å²) >= 11 is 0. The maximum atomic E-state index is 12.9. The molecule has 1 aliphatic carbocycles. The zero-order valence-electron chi connectivity index (χ0n) is 18.1. The van der Waals surface area contributed by atoms with Crippen LogP contribution in [-0.4, -0.2) is 48.2 Å².